The highest BCUT2D eigenvalue weighted by molar-refractivity contribution is 5.94. The summed E-state index contributed by atoms with van der Waals surface area (Å²) in [6.07, 6.45) is 9.37. The fourth-order valence-corrected chi connectivity index (χ4v) is 3.19. The maximum absolute atomic E-state index is 12.6. The van der Waals surface area contributed by atoms with E-state index in [2.05, 4.69) is 24.2 Å². The lowest BCUT2D eigenvalue weighted by molar-refractivity contribution is 0.0667. The molecule has 1 aromatic rings. The second-order valence-corrected chi connectivity index (χ2v) is 5.46. The summed E-state index contributed by atoms with van der Waals surface area (Å²) in [6, 6.07) is 10.0. The van der Waals surface area contributed by atoms with Crippen LogP contribution in [0.1, 0.15) is 29.6 Å². The number of carbonyl (C=O) groups is 1. The third kappa shape index (κ3) is 2.29. The third-order valence-corrected chi connectivity index (χ3v) is 4.22. The van der Waals surface area contributed by atoms with Gasteiger partial charge in [0.2, 0.25) is 0 Å². The maximum atomic E-state index is 12.6. The molecule has 1 aromatic carbocycles. The molecule has 104 valence electrons. The van der Waals surface area contributed by atoms with Crippen molar-refractivity contribution in [2.45, 2.75) is 31.3 Å². The SMILES string of the molecule is C=CCC[C@H]1NN(C(=O)c2ccccc2)[C@H]2C=CC[C@@H]12. The van der Waals surface area contributed by atoms with Gasteiger partial charge >= 0.3 is 0 Å². The lowest BCUT2D eigenvalue weighted by Crippen LogP contribution is -2.43. The Hall–Kier alpha value is -1.87. The summed E-state index contributed by atoms with van der Waals surface area (Å²) in [7, 11) is 0. The first-order chi connectivity index (χ1) is 9.81. The standard InChI is InChI=1S/C17H20N2O/c1-2-3-11-15-14-10-7-12-16(14)19(18-15)17(20)13-8-5-4-6-9-13/h2,4-9,12,14-16,18H,1,3,10-11H2/t14-,15+,16-/m0/s1. The monoisotopic (exact) mass is 268 g/mol. The predicted octanol–water partition coefficient (Wildman–Crippen LogP) is 2.93. The Morgan fingerprint density at radius 2 is 2.20 bits per heavy atom. The van der Waals surface area contributed by atoms with Crippen LogP contribution in [0.5, 0.6) is 0 Å². The second kappa shape index (κ2) is 5.63. The molecule has 1 aliphatic heterocycles. The van der Waals surface area contributed by atoms with Crippen molar-refractivity contribution in [2.75, 3.05) is 0 Å². The van der Waals surface area contributed by atoms with Crippen LogP contribution in [0.15, 0.2) is 55.1 Å². The van der Waals surface area contributed by atoms with Crippen molar-refractivity contribution >= 4 is 5.91 Å². The molecule has 0 saturated carbocycles. The lowest BCUT2D eigenvalue weighted by Gasteiger charge is -2.22. The van der Waals surface area contributed by atoms with Crippen molar-refractivity contribution in [3.63, 3.8) is 0 Å². The zero-order valence-corrected chi connectivity index (χ0v) is 11.5. The topological polar surface area (TPSA) is 32.3 Å². The van der Waals surface area contributed by atoms with Gasteiger partial charge in [0.05, 0.1) is 6.04 Å². The van der Waals surface area contributed by atoms with Crippen LogP contribution in [0.3, 0.4) is 0 Å². The summed E-state index contributed by atoms with van der Waals surface area (Å²) in [5.41, 5.74) is 4.15. The zero-order valence-electron chi connectivity index (χ0n) is 11.5. The lowest BCUT2D eigenvalue weighted by atomic mass is 9.93. The van der Waals surface area contributed by atoms with Crippen LogP contribution in [0.25, 0.3) is 0 Å². The average molecular weight is 268 g/mol. The fourth-order valence-electron chi connectivity index (χ4n) is 3.19. The summed E-state index contributed by atoms with van der Waals surface area (Å²) < 4.78 is 0. The molecule has 0 bridgehead atoms. The van der Waals surface area contributed by atoms with Gasteiger partial charge in [0.15, 0.2) is 0 Å². The molecule has 20 heavy (non-hydrogen) atoms. The molecule has 1 fully saturated rings. The number of carbonyl (C=O) groups excluding carboxylic acids is 1. The van der Waals surface area contributed by atoms with E-state index in [4.69, 9.17) is 0 Å². The highest BCUT2D eigenvalue weighted by atomic mass is 16.2. The number of rotatable bonds is 4. The molecule has 0 spiro atoms. The van der Waals surface area contributed by atoms with Gasteiger partial charge in [-0.3, -0.25) is 9.80 Å². The predicted molar refractivity (Wildman–Crippen MR) is 80.0 cm³/mol. The summed E-state index contributed by atoms with van der Waals surface area (Å²) in [5, 5.41) is 1.82. The number of hydrogen-bond donors (Lipinski definition) is 1. The van der Waals surface area contributed by atoms with Gasteiger partial charge in [-0.25, -0.2) is 5.43 Å². The Bertz CT molecular complexity index is 523. The molecule has 1 amide bonds. The first-order valence-electron chi connectivity index (χ1n) is 7.23. The van der Waals surface area contributed by atoms with Crippen LogP contribution < -0.4 is 5.43 Å². The molecule has 1 N–H and O–H groups in total. The van der Waals surface area contributed by atoms with Gasteiger partial charge in [-0.2, -0.15) is 0 Å². The molecule has 0 radical (unpaired) electrons. The van der Waals surface area contributed by atoms with Crippen LogP contribution >= 0.6 is 0 Å². The van der Waals surface area contributed by atoms with Gasteiger partial charge in [0.25, 0.3) is 5.91 Å². The van der Waals surface area contributed by atoms with E-state index >= 15 is 0 Å². The molecule has 3 atom stereocenters. The van der Waals surface area contributed by atoms with Crippen LogP contribution in [-0.2, 0) is 0 Å². The molecule has 1 heterocycles. The van der Waals surface area contributed by atoms with Crippen LogP contribution in [-0.4, -0.2) is 23.0 Å². The number of hydrazine groups is 1. The van der Waals surface area contributed by atoms with E-state index in [0.29, 0.717) is 12.0 Å². The Labute approximate surface area is 119 Å². The average Bonchev–Trinajstić information content (AvgIpc) is 3.08. The van der Waals surface area contributed by atoms with Crippen LogP contribution in [0.4, 0.5) is 0 Å². The maximum Gasteiger partial charge on any atom is 0.268 e. The number of hydrogen-bond acceptors (Lipinski definition) is 2. The summed E-state index contributed by atoms with van der Waals surface area (Å²) in [4.78, 5) is 12.6. The van der Waals surface area contributed by atoms with E-state index in [9.17, 15) is 4.79 Å². The van der Waals surface area contributed by atoms with Crippen LogP contribution in [0, 0.1) is 5.92 Å². The van der Waals surface area contributed by atoms with Gasteiger partial charge in [-0.15, -0.1) is 6.58 Å². The third-order valence-electron chi connectivity index (χ3n) is 4.22. The molecule has 3 rings (SSSR count). The number of nitrogens with zero attached hydrogens (tertiary/aromatic N) is 1. The Kier molecular flexibility index (Phi) is 3.70. The molecule has 1 saturated heterocycles. The molecule has 1 aliphatic carbocycles. The largest absolute Gasteiger partial charge is 0.268 e. The van der Waals surface area contributed by atoms with E-state index in [-0.39, 0.29) is 11.9 Å². The Morgan fingerprint density at radius 3 is 2.95 bits per heavy atom. The van der Waals surface area contributed by atoms with Crippen molar-refractivity contribution in [1.82, 2.24) is 10.4 Å². The van der Waals surface area contributed by atoms with E-state index in [0.717, 1.165) is 24.8 Å². The van der Waals surface area contributed by atoms with E-state index in [1.165, 1.54) is 0 Å². The van der Waals surface area contributed by atoms with Crippen molar-refractivity contribution in [3.8, 4) is 0 Å². The van der Waals surface area contributed by atoms with Crippen molar-refractivity contribution in [1.29, 1.82) is 0 Å². The van der Waals surface area contributed by atoms with Gasteiger partial charge in [-0.1, -0.05) is 36.4 Å². The molecule has 0 unspecified atom stereocenters. The first-order valence-corrected chi connectivity index (χ1v) is 7.23. The number of amides is 1. The number of allylic oxidation sites excluding steroid dienone is 2. The molecule has 0 aromatic heterocycles. The van der Waals surface area contributed by atoms with E-state index in [1.807, 2.05) is 41.4 Å². The summed E-state index contributed by atoms with van der Waals surface area (Å²) >= 11 is 0. The smallest absolute Gasteiger partial charge is 0.268 e. The van der Waals surface area contributed by atoms with Crippen molar-refractivity contribution < 1.29 is 4.79 Å². The minimum absolute atomic E-state index is 0.0632. The van der Waals surface area contributed by atoms with Crippen molar-refractivity contribution in [2.24, 2.45) is 5.92 Å². The second-order valence-electron chi connectivity index (χ2n) is 5.46. The number of fused-ring (bicyclic) bond motifs is 1. The molecular formula is C17H20N2O. The number of benzene rings is 1. The normalized spacial score (nSPS) is 27.6. The fraction of sp³-hybridized carbons (Fsp3) is 0.353. The Morgan fingerprint density at radius 1 is 1.40 bits per heavy atom. The molecular weight excluding hydrogens is 248 g/mol. The minimum atomic E-state index is 0.0632. The Balaban J connectivity index is 1.78. The summed E-state index contributed by atoms with van der Waals surface area (Å²) in [5.74, 6) is 0.566. The highest BCUT2D eigenvalue weighted by Crippen LogP contribution is 2.34. The van der Waals surface area contributed by atoms with Crippen LogP contribution in [0.2, 0.25) is 0 Å². The number of nitrogens with one attached hydrogen (secondary N) is 1. The van der Waals surface area contributed by atoms with Gasteiger partial charge in [0, 0.05) is 17.5 Å². The first kappa shape index (κ1) is 13.1. The van der Waals surface area contributed by atoms with Gasteiger partial charge in [-0.05, 0) is 31.4 Å². The molecule has 2 aliphatic rings. The van der Waals surface area contributed by atoms with Gasteiger partial charge < -0.3 is 0 Å². The quantitative estimate of drug-likeness (QED) is 0.852. The van der Waals surface area contributed by atoms with E-state index in [1.54, 1.807) is 0 Å². The minimum Gasteiger partial charge on any atom is -0.268 e. The zero-order chi connectivity index (χ0) is 13.9. The highest BCUT2D eigenvalue weighted by Gasteiger charge is 2.43. The van der Waals surface area contributed by atoms with Crippen molar-refractivity contribution in [3.05, 3.63) is 60.7 Å². The van der Waals surface area contributed by atoms with Gasteiger partial charge in [0.1, 0.15) is 0 Å². The molecule has 3 nitrogen and oxygen atoms in total. The molecule has 3 heteroatoms. The van der Waals surface area contributed by atoms with E-state index < -0.39 is 0 Å². The summed E-state index contributed by atoms with van der Waals surface area (Å²) in [6.45, 7) is 3.78.